The average Bonchev–Trinajstić information content (AvgIpc) is 2.88. The number of benzene rings is 1. The topological polar surface area (TPSA) is 102 Å². The molecule has 1 aliphatic rings. The highest BCUT2D eigenvalue weighted by Crippen LogP contribution is 2.14. The van der Waals surface area contributed by atoms with Gasteiger partial charge in [0.25, 0.3) is 5.91 Å². The number of likely N-dealkylation sites (N-methyl/N-ethyl adjacent to an activating group) is 1. The van der Waals surface area contributed by atoms with Gasteiger partial charge in [0.2, 0.25) is 11.7 Å². The van der Waals surface area contributed by atoms with Crippen LogP contribution in [0.3, 0.4) is 0 Å². The molecule has 2 amide bonds. The van der Waals surface area contributed by atoms with Crippen LogP contribution in [0, 0.1) is 5.92 Å². The van der Waals surface area contributed by atoms with Gasteiger partial charge in [0, 0.05) is 20.1 Å². The van der Waals surface area contributed by atoms with Gasteiger partial charge in [-0.1, -0.05) is 6.07 Å². The van der Waals surface area contributed by atoms with Gasteiger partial charge in [0.1, 0.15) is 11.7 Å². The van der Waals surface area contributed by atoms with Gasteiger partial charge in [0.15, 0.2) is 0 Å². The predicted molar refractivity (Wildman–Crippen MR) is 87.0 cm³/mol. The fourth-order valence-corrected chi connectivity index (χ4v) is 2.41. The number of esters is 1. The van der Waals surface area contributed by atoms with E-state index in [9.17, 15) is 19.2 Å². The van der Waals surface area contributed by atoms with Crippen LogP contribution in [0.4, 0.5) is 0 Å². The lowest BCUT2D eigenvalue weighted by molar-refractivity contribution is -0.142. The molecule has 1 heterocycles. The SMILES string of the molecule is COC(=O)c1cccc(OCCCNC(=O)C2CN(C)C(=O)C2=O)c1. The molecule has 25 heavy (non-hydrogen) atoms. The molecule has 134 valence electrons. The summed E-state index contributed by atoms with van der Waals surface area (Å²) in [6, 6.07) is 6.59. The number of Topliss-reactive ketones (excluding diaryl/α,β-unsaturated/α-hetero) is 1. The van der Waals surface area contributed by atoms with E-state index >= 15 is 0 Å². The maximum Gasteiger partial charge on any atom is 0.337 e. The zero-order valence-corrected chi connectivity index (χ0v) is 14.1. The number of carbonyl (C=O) groups excluding carboxylic acids is 4. The first-order chi connectivity index (χ1) is 11.9. The number of ketones is 1. The molecular formula is C17H20N2O6. The molecular weight excluding hydrogens is 328 g/mol. The Morgan fingerprint density at radius 3 is 2.72 bits per heavy atom. The van der Waals surface area contributed by atoms with E-state index in [-0.39, 0.29) is 6.54 Å². The number of nitrogens with zero attached hydrogens (tertiary/aromatic N) is 1. The summed E-state index contributed by atoms with van der Waals surface area (Å²) in [5, 5.41) is 2.63. The number of hydrogen-bond donors (Lipinski definition) is 1. The maximum atomic E-state index is 11.9. The summed E-state index contributed by atoms with van der Waals surface area (Å²) in [4.78, 5) is 47.6. The Kier molecular flexibility index (Phi) is 6.10. The van der Waals surface area contributed by atoms with Crippen LogP contribution in [0.5, 0.6) is 5.75 Å². The first-order valence-electron chi connectivity index (χ1n) is 7.82. The van der Waals surface area contributed by atoms with Gasteiger partial charge in [-0.3, -0.25) is 14.4 Å². The van der Waals surface area contributed by atoms with E-state index in [0.29, 0.717) is 30.9 Å². The Morgan fingerprint density at radius 2 is 2.08 bits per heavy atom. The Bertz CT molecular complexity index is 687. The Labute approximate surface area is 145 Å². The van der Waals surface area contributed by atoms with Gasteiger partial charge in [-0.25, -0.2) is 4.79 Å². The molecule has 1 atom stereocenters. The molecule has 0 aromatic heterocycles. The molecule has 2 rings (SSSR count). The third kappa shape index (κ3) is 4.56. The maximum absolute atomic E-state index is 11.9. The van der Waals surface area contributed by atoms with Gasteiger partial charge in [-0.2, -0.15) is 0 Å². The first kappa shape index (κ1) is 18.4. The van der Waals surface area contributed by atoms with Crippen molar-refractivity contribution in [1.82, 2.24) is 10.2 Å². The van der Waals surface area contributed by atoms with Crippen LogP contribution in [0.1, 0.15) is 16.8 Å². The van der Waals surface area contributed by atoms with Crippen molar-refractivity contribution in [3.05, 3.63) is 29.8 Å². The molecule has 1 unspecified atom stereocenters. The molecule has 0 radical (unpaired) electrons. The van der Waals surface area contributed by atoms with E-state index in [2.05, 4.69) is 10.1 Å². The van der Waals surface area contributed by atoms with Crippen LogP contribution in [-0.4, -0.2) is 62.3 Å². The second-order valence-corrected chi connectivity index (χ2v) is 5.61. The van der Waals surface area contributed by atoms with Gasteiger partial charge in [-0.15, -0.1) is 0 Å². The highest BCUT2D eigenvalue weighted by Gasteiger charge is 2.41. The average molecular weight is 348 g/mol. The van der Waals surface area contributed by atoms with Crippen LogP contribution < -0.4 is 10.1 Å². The van der Waals surface area contributed by atoms with Crippen molar-refractivity contribution in [3.63, 3.8) is 0 Å². The number of carbonyl (C=O) groups is 4. The highest BCUT2D eigenvalue weighted by molar-refractivity contribution is 6.42. The van der Waals surface area contributed by atoms with Crippen molar-refractivity contribution in [2.45, 2.75) is 6.42 Å². The molecule has 0 spiro atoms. The minimum Gasteiger partial charge on any atom is -0.494 e. The van der Waals surface area contributed by atoms with Gasteiger partial charge in [0.05, 0.1) is 19.3 Å². The number of nitrogens with one attached hydrogen (secondary N) is 1. The minimum atomic E-state index is -0.935. The van der Waals surface area contributed by atoms with E-state index in [1.807, 2.05) is 0 Å². The lowest BCUT2D eigenvalue weighted by atomic mass is 10.1. The highest BCUT2D eigenvalue weighted by atomic mass is 16.5. The number of methoxy groups -OCH3 is 1. The standard InChI is InChI=1S/C17H20N2O6/c1-19-10-13(14(20)16(19)22)15(21)18-7-4-8-25-12-6-3-5-11(9-12)17(23)24-2/h3,5-6,9,13H,4,7-8,10H2,1-2H3,(H,18,21). The third-order valence-corrected chi connectivity index (χ3v) is 3.79. The molecule has 1 aromatic carbocycles. The molecule has 1 aromatic rings. The zero-order valence-electron chi connectivity index (χ0n) is 14.1. The second kappa shape index (κ2) is 8.27. The van der Waals surface area contributed by atoms with Crippen LogP contribution in [0.15, 0.2) is 24.3 Å². The summed E-state index contributed by atoms with van der Waals surface area (Å²) in [5.41, 5.74) is 0.391. The van der Waals surface area contributed by atoms with Gasteiger partial charge < -0.3 is 19.7 Å². The van der Waals surface area contributed by atoms with Crippen molar-refractivity contribution >= 4 is 23.6 Å². The number of likely N-dealkylation sites (tertiary alicyclic amines) is 1. The summed E-state index contributed by atoms with van der Waals surface area (Å²) >= 11 is 0. The molecule has 0 aliphatic carbocycles. The quantitative estimate of drug-likeness (QED) is 0.322. The van der Waals surface area contributed by atoms with E-state index in [1.165, 1.54) is 19.1 Å². The summed E-state index contributed by atoms with van der Waals surface area (Å²) in [6.07, 6.45) is 0.513. The van der Waals surface area contributed by atoms with Crippen LogP contribution in [0.2, 0.25) is 0 Å². The van der Waals surface area contributed by atoms with Gasteiger partial charge >= 0.3 is 5.97 Å². The third-order valence-electron chi connectivity index (χ3n) is 3.79. The molecule has 1 fully saturated rings. The predicted octanol–water partition coefficient (Wildman–Crippen LogP) is 0.0156. The number of amides is 2. The van der Waals surface area contributed by atoms with Crippen LogP contribution in [0.25, 0.3) is 0 Å². The Hall–Kier alpha value is -2.90. The molecule has 0 bridgehead atoms. The fourth-order valence-electron chi connectivity index (χ4n) is 2.41. The number of ether oxygens (including phenoxy) is 2. The van der Waals surface area contributed by atoms with Crippen LogP contribution >= 0.6 is 0 Å². The van der Waals surface area contributed by atoms with Crippen molar-refractivity contribution < 1.29 is 28.7 Å². The fraction of sp³-hybridized carbons (Fsp3) is 0.412. The smallest absolute Gasteiger partial charge is 0.337 e. The molecule has 8 heteroatoms. The van der Waals surface area contributed by atoms with E-state index < -0.39 is 29.5 Å². The number of rotatable bonds is 7. The molecule has 1 saturated heterocycles. The van der Waals surface area contributed by atoms with Crippen molar-refractivity contribution in [2.24, 2.45) is 5.92 Å². The Morgan fingerprint density at radius 1 is 1.32 bits per heavy atom. The van der Waals surface area contributed by atoms with E-state index in [1.54, 1.807) is 24.3 Å². The minimum absolute atomic E-state index is 0.111. The van der Waals surface area contributed by atoms with E-state index in [0.717, 1.165) is 0 Å². The van der Waals surface area contributed by atoms with Crippen LogP contribution in [-0.2, 0) is 19.1 Å². The molecule has 8 nitrogen and oxygen atoms in total. The number of hydrogen-bond acceptors (Lipinski definition) is 6. The summed E-state index contributed by atoms with van der Waals surface area (Å²) < 4.78 is 10.2. The normalized spacial score (nSPS) is 16.7. The van der Waals surface area contributed by atoms with Crippen molar-refractivity contribution in [1.29, 1.82) is 0 Å². The summed E-state index contributed by atoms with van der Waals surface area (Å²) in [5.74, 6) is -2.61. The van der Waals surface area contributed by atoms with Gasteiger partial charge in [-0.05, 0) is 24.6 Å². The van der Waals surface area contributed by atoms with E-state index in [4.69, 9.17) is 4.74 Å². The van der Waals surface area contributed by atoms with Crippen molar-refractivity contribution in [3.8, 4) is 5.75 Å². The first-order valence-corrected chi connectivity index (χ1v) is 7.82. The lowest BCUT2D eigenvalue weighted by Gasteiger charge is -2.10. The molecule has 0 saturated carbocycles. The summed E-state index contributed by atoms with van der Waals surface area (Å²) in [6.45, 7) is 0.750. The summed E-state index contributed by atoms with van der Waals surface area (Å²) in [7, 11) is 2.79. The largest absolute Gasteiger partial charge is 0.494 e. The monoisotopic (exact) mass is 348 g/mol. The zero-order chi connectivity index (χ0) is 18.4. The second-order valence-electron chi connectivity index (χ2n) is 5.61. The van der Waals surface area contributed by atoms with Crippen molar-refractivity contribution in [2.75, 3.05) is 33.9 Å². The Balaban J connectivity index is 1.72. The lowest BCUT2D eigenvalue weighted by Crippen LogP contribution is -2.36. The molecule has 1 aliphatic heterocycles. The molecule has 1 N–H and O–H groups in total.